The summed E-state index contributed by atoms with van der Waals surface area (Å²) in [6.45, 7) is 4.11. The summed E-state index contributed by atoms with van der Waals surface area (Å²) in [5.74, 6) is 1.02. The van der Waals surface area contributed by atoms with Crippen LogP contribution >= 0.6 is 0 Å². The normalized spacial score (nSPS) is 15.8. The highest BCUT2D eigenvalue weighted by Crippen LogP contribution is 2.10. The second-order valence-electron chi connectivity index (χ2n) is 5.32. The molecule has 1 fully saturated rings. The van der Waals surface area contributed by atoms with Crippen LogP contribution in [0, 0.1) is 0 Å². The zero-order valence-corrected chi connectivity index (χ0v) is 12.3. The van der Waals surface area contributed by atoms with E-state index in [2.05, 4.69) is 19.8 Å². The number of hydrogen-bond donors (Lipinski definition) is 0. The molecule has 20 heavy (non-hydrogen) atoms. The van der Waals surface area contributed by atoms with Gasteiger partial charge >= 0.3 is 0 Å². The van der Waals surface area contributed by atoms with Crippen LogP contribution in [0.1, 0.15) is 12.8 Å². The van der Waals surface area contributed by atoms with Gasteiger partial charge in [0.25, 0.3) is 0 Å². The van der Waals surface area contributed by atoms with Gasteiger partial charge in [-0.3, -0.25) is 4.79 Å². The molecule has 0 aromatic carbocycles. The Balaban J connectivity index is 1.75. The largest absolute Gasteiger partial charge is 0.339 e. The Morgan fingerprint density at radius 1 is 1.20 bits per heavy atom. The van der Waals surface area contributed by atoms with Crippen LogP contribution in [0.15, 0.2) is 18.5 Å². The molecular formula is C14H23N5O. The van der Waals surface area contributed by atoms with E-state index in [0.29, 0.717) is 6.42 Å². The van der Waals surface area contributed by atoms with Crippen LogP contribution < -0.4 is 4.90 Å². The number of rotatable bonds is 5. The van der Waals surface area contributed by atoms with E-state index in [1.807, 2.05) is 25.1 Å². The van der Waals surface area contributed by atoms with Gasteiger partial charge in [0, 0.05) is 45.0 Å². The van der Waals surface area contributed by atoms with Crippen LogP contribution in [-0.4, -0.2) is 72.5 Å². The molecule has 0 N–H and O–H groups in total. The summed E-state index contributed by atoms with van der Waals surface area (Å²) >= 11 is 0. The molecule has 1 aliphatic rings. The molecule has 6 nitrogen and oxygen atoms in total. The maximum Gasteiger partial charge on any atom is 0.225 e. The fraction of sp³-hybridized carbons (Fsp3) is 0.643. The van der Waals surface area contributed by atoms with Crippen molar-refractivity contribution >= 4 is 11.9 Å². The lowest BCUT2D eigenvalue weighted by Crippen LogP contribution is -2.49. The molecule has 0 atom stereocenters. The average Bonchev–Trinajstić information content (AvgIpc) is 2.48. The van der Waals surface area contributed by atoms with E-state index in [4.69, 9.17) is 0 Å². The molecule has 2 rings (SSSR count). The second kappa shape index (κ2) is 7.19. The zero-order chi connectivity index (χ0) is 14.4. The van der Waals surface area contributed by atoms with Gasteiger partial charge < -0.3 is 14.7 Å². The lowest BCUT2D eigenvalue weighted by Gasteiger charge is -2.34. The number of carbonyl (C=O) groups is 1. The first kappa shape index (κ1) is 14.7. The molecule has 6 heteroatoms. The van der Waals surface area contributed by atoms with Gasteiger partial charge in [-0.05, 0) is 33.1 Å². The van der Waals surface area contributed by atoms with Crippen molar-refractivity contribution in [3.05, 3.63) is 18.5 Å². The van der Waals surface area contributed by atoms with E-state index in [9.17, 15) is 4.79 Å². The molecule has 1 saturated heterocycles. The van der Waals surface area contributed by atoms with E-state index < -0.39 is 0 Å². The summed E-state index contributed by atoms with van der Waals surface area (Å²) in [4.78, 5) is 26.8. The van der Waals surface area contributed by atoms with Crippen LogP contribution in [0.5, 0.6) is 0 Å². The van der Waals surface area contributed by atoms with Crippen LogP contribution in [0.3, 0.4) is 0 Å². The molecule has 1 amide bonds. The lowest BCUT2D eigenvalue weighted by atomic mass is 10.2. The molecule has 0 radical (unpaired) electrons. The highest BCUT2D eigenvalue weighted by atomic mass is 16.2. The first-order chi connectivity index (χ1) is 9.66. The molecule has 1 aromatic rings. The number of aromatic nitrogens is 2. The number of hydrogen-bond acceptors (Lipinski definition) is 5. The number of carbonyl (C=O) groups excluding carboxylic acids is 1. The van der Waals surface area contributed by atoms with Crippen molar-refractivity contribution < 1.29 is 4.79 Å². The number of piperazine rings is 1. The van der Waals surface area contributed by atoms with Gasteiger partial charge in [-0.2, -0.15) is 0 Å². The molecule has 0 unspecified atom stereocenters. The zero-order valence-electron chi connectivity index (χ0n) is 12.3. The van der Waals surface area contributed by atoms with Crippen molar-refractivity contribution in [3.8, 4) is 0 Å². The van der Waals surface area contributed by atoms with Gasteiger partial charge in [0.05, 0.1) is 0 Å². The highest BCUT2D eigenvalue weighted by Gasteiger charge is 2.21. The third-order valence-corrected chi connectivity index (χ3v) is 3.46. The van der Waals surface area contributed by atoms with Gasteiger partial charge in [-0.25, -0.2) is 9.97 Å². The predicted octanol–water partition coefficient (Wildman–Crippen LogP) is 0.467. The van der Waals surface area contributed by atoms with Crippen LogP contribution in [-0.2, 0) is 4.79 Å². The Morgan fingerprint density at radius 3 is 2.45 bits per heavy atom. The maximum absolute atomic E-state index is 12.1. The number of amides is 1. The van der Waals surface area contributed by atoms with E-state index in [1.54, 1.807) is 12.4 Å². The summed E-state index contributed by atoms with van der Waals surface area (Å²) in [6, 6.07) is 1.81. The van der Waals surface area contributed by atoms with Crippen molar-refractivity contribution in [3.63, 3.8) is 0 Å². The third-order valence-electron chi connectivity index (χ3n) is 3.46. The maximum atomic E-state index is 12.1. The SMILES string of the molecule is CN(C)CCCC(=O)N1CCN(c2ncccn2)CC1. The number of anilines is 1. The minimum absolute atomic E-state index is 0.264. The monoisotopic (exact) mass is 277 g/mol. The Morgan fingerprint density at radius 2 is 1.85 bits per heavy atom. The van der Waals surface area contributed by atoms with Crippen molar-refractivity contribution in [1.29, 1.82) is 0 Å². The third kappa shape index (κ3) is 4.16. The molecular weight excluding hydrogens is 254 g/mol. The van der Waals surface area contributed by atoms with Crippen LogP contribution in [0.2, 0.25) is 0 Å². The lowest BCUT2D eigenvalue weighted by molar-refractivity contribution is -0.131. The smallest absolute Gasteiger partial charge is 0.225 e. The molecule has 0 spiro atoms. The van der Waals surface area contributed by atoms with Crippen molar-refractivity contribution in [2.75, 3.05) is 51.7 Å². The average molecular weight is 277 g/mol. The molecule has 0 aliphatic carbocycles. The van der Waals surface area contributed by atoms with Crippen molar-refractivity contribution in [2.24, 2.45) is 0 Å². The van der Waals surface area contributed by atoms with E-state index >= 15 is 0 Å². The first-order valence-electron chi connectivity index (χ1n) is 7.11. The predicted molar refractivity (Wildman–Crippen MR) is 78.6 cm³/mol. The summed E-state index contributed by atoms with van der Waals surface area (Å²) in [6.07, 6.45) is 5.07. The molecule has 2 heterocycles. The van der Waals surface area contributed by atoms with Gasteiger partial charge in [0.1, 0.15) is 0 Å². The van der Waals surface area contributed by atoms with Gasteiger partial charge in [-0.1, -0.05) is 0 Å². The summed E-state index contributed by atoms with van der Waals surface area (Å²) < 4.78 is 0. The Bertz CT molecular complexity index is 415. The van der Waals surface area contributed by atoms with Crippen LogP contribution in [0.4, 0.5) is 5.95 Å². The Hall–Kier alpha value is -1.69. The van der Waals surface area contributed by atoms with Gasteiger partial charge in [0.2, 0.25) is 11.9 Å². The standard InChI is InChI=1S/C14H23N5O/c1-17(2)8-3-5-13(20)18-9-11-19(12-10-18)14-15-6-4-7-16-14/h4,6-7H,3,5,8-12H2,1-2H3. The molecule has 0 bridgehead atoms. The fourth-order valence-electron chi connectivity index (χ4n) is 2.31. The minimum atomic E-state index is 0.264. The fourth-order valence-corrected chi connectivity index (χ4v) is 2.31. The van der Waals surface area contributed by atoms with E-state index in [1.165, 1.54) is 0 Å². The number of nitrogens with zero attached hydrogens (tertiary/aromatic N) is 5. The molecule has 0 saturated carbocycles. The molecule has 1 aromatic heterocycles. The summed E-state index contributed by atoms with van der Waals surface area (Å²) in [7, 11) is 4.06. The molecule has 110 valence electrons. The summed E-state index contributed by atoms with van der Waals surface area (Å²) in [5.41, 5.74) is 0. The Labute approximate surface area is 120 Å². The van der Waals surface area contributed by atoms with Crippen molar-refractivity contribution in [2.45, 2.75) is 12.8 Å². The summed E-state index contributed by atoms with van der Waals surface area (Å²) in [5, 5.41) is 0. The minimum Gasteiger partial charge on any atom is -0.339 e. The second-order valence-corrected chi connectivity index (χ2v) is 5.32. The molecule has 1 aliphatic heterocycles. The van der Waals surface area contributed by atoms with Gasteiger partial charge in [-0.15, -0.1) is 0 Å². The van der Waals surface area contributed by atoms with E-state index in [0.717, 1.165) is 45.1 Å². The van der Waals surface area contributed by atoms with Gasteiger partial charge in [0.15, 0.2) is 0 Å². The topological polar surface area (TPSA) is 52.6 Å². The van der Waals surface area contributed by atoms with Crippen LogP contribution in [0.25, 0.3) is 0 Å². The van der Waals surface area contributed by atoms with E-state index in [-0.39, 0.29) is 5.91 Å². The Kier molecular flexibility index (Phi) is 5.29. The quantitative estimate of drug-likeness (QED) is 0.783. The first-order valence-corrected chi connectivity index (χ1v) is 7.11. The van der Waals surface area contributed by atoms with Crippen molar-refractivity contribution in [1.82, 2.24) is 19.8 Å². The highest BCUT2D eigenvalue weighted by molar-refractivity contribution is 5.76.